The van der Waals surface area contributed by atoms with Gasteiger partial charge in [0.2, 0.25) is 11.8 Å². The lowest BCUT2D eigenvalue weighted by Gasteiger charge is -2.42. The number of rotatable bonds is 13. The minimum atomic E-state index is -1.11. The number of esters is 1. The van der Waals surface area contributed by atoms with Crippen molar-refractivity contribution in [3.05, 3.63) is 25.3 Å². The Hall–Kier alpha value is -2.19. The first-order valence-electron chi connectivity index (χ1n) is 14.6. The van der Waals surface area contributed by atoms with Crippen molar-refractivity contribution in [1.29, 1.82) is 0 Å². The van der Waals surface area contributed by atoms with E-state index in [2.05, 4.69) is 13.2 Å². The van der Waals surface area contributed by atoms with E-state index < -0.39 is 41.1 Å². The van der Waals surface area contributed by atoms with Gasteiger partial charge in [-0.15, -0.1) is 13.2 Å². The second-order valence-electron chi connectivity index (χ2n) is 11.7. The van der Waals surface area contributed by atoms with Crippen molar-refractivity contribution in [2.45, 2.75) is 114 Å². The average Bonchev–Trinajstić information content (AvgIpc) is 3.49. The van der Waals surface area contributed by atoms with Gasteiger partial charge in [0.05, 0.1) is 30.8 Å². The molecule has 0 aromatic rings. The van der Waals surface area contributed by atoms with E-state index in [9.17, 15) is 19.5 Å². The lowest BCUT2D eigenvalue weighted by atomic mass is 9.66. The monoisotopic (exact) mass is 530 g/mol. The first kappa shape index (κ1) is 28.8. The summed E-state index contributed by atoms with van der Waals surface area (Å²) in [5.41, 5.74) is -1.97. The van der Waals surface area contributed by atoms with Crippen molar-refractivity contribution >= 4 is 17.8 Å². The molecule has 4 fully saturated rings. The summed E-state index contributed by atoms with van der Waals surface area (Å²) in [6.45, 7) is 11.8. The SMILES string of the molecule is C=CCCCCOC(=O)[C@H]1[C@H]2C(=O)N([C@@H](CC)CO)C(C(=O)N(CC=C)C3CCCCC3)C23CC[C@]1(C)O3. The van der Waals surface area contributed by atoms with Crippen LogP contribution in [0.3, 0.4) is 0 Å². The summed E-state index contributed by atoms with van der Waals surface area (Å²) < 4.78 is 12.4. The zero-order valence-electron chi connectivity index (χ0n) is 23.2. The van der Waals surface area contributed by atoms with Gasteiger partial charge in [0.15, 0.2) is 0 Å². The maximum atomic E-state index is 14.5. The first-order chi connectivity index (χ1) is 18.3. The smallest absolute Gasteiger partial charge is 0.312 e. The fraction of sp³-hybridized carbons (Fsp3) is 0.767. The number of unbranched alkanes of at least 4 members (excludes halogenated alkanes) is 2. The van der Waals surface area contributed by atoms with E-state index in [0.29, 0.717) is 25.8 Å². The minimum absolute atomic E-state index is 0.0846. The van der Waals surface area contributed by atoms with Gasteiger partial charge in [-0.1, -0.05) is 38.3 Å². The van der Waals surface area contributed by atoms with Crippen LogP contribution in [0, 0.1) is 11.8 Å². The van der Waals surface area contributed by atoms with Crippen molar-refractivity contribution in [3.8, 4) is 0 Å². The number of likely N-dealkylation sites (tertiary alicyclic amines) is 1. The largest absolute Gasteiger partial charge is 0.465 e. The van der Waals surface area contributed by atoms with Crippen LogP contribution in [-0.2, 0) is 23.9 Å². The highest BCUT2D eigenvalue weighted by Gasteiger charge is 2.79. The number of allylic oxidation sites excluding steroid dienone is 1. The van der Waals surface area contributed by atoms with Gasteiger partial charge in [0.25, 0.3) is 0 Å². The van der Waals surface area contributed by atoms with Gasteiger partial charge in [0.1, 0.15) is 17.6 Å². The van der Waals surface area contributed by atoms with Crippen molar-refractivity contribution in [2.24, 2.45) is 11.8 Å². The standard InChI is InChI=1S/C30H46N2O6/c1-5-8-9-13-19-37-28(36)24-23-26(34)32(21(7-3)20-33)25(30(23)17-16-29(24,4)38-30)27(35)31(18-6-2)22-14-11-10-12-15-22/h5-6,21-25,33H,1-2,7-20H2,3-4H3/t21-,23-,24+,25?,29-,30?/m0/s1. The molecule has 4 rings (SSSR count). The summed E-state index contributed by atoms with van der Waals surface area (Å²) in [5.74, 6) is -2.42. The van der Waals surface area contributed by atoms with Gasteiger partial charge >= 0.3 is 5.97 Å². The van der Waals surface area contributed by atoms with E-state index in [1.165, 1.54) is 0 Å². The van der Waals surface area contributed by atoms with Crippen molar-refractivity contribution in [3.63, 3.8) is 0 Å². The van der Waals surface area contributed by atoms with Gasteiger partial charge in [-0.2, -0.15) is 0 Å². The Bertz CT molecular complexity index is 912. The number of carbonyl (C=O) groups excluding carboxylic acids is 3. The van der Waals surface area contributed by atoms with Crippen LogP contribution in [0.15, 0.2) is 25.3 Å². The summed E-state index contributed by atoms with van der Waals surface area (Å²) in [7, 11) is 0. The minimum Gasteiger partial charge on any atom is -0.465 e. The molecule has 2 amide bonds. The second-order valence-corrected chi connectivity index (χ2v) is 11.7. The molecule has 3 aliphatic heterocycles. The Balaban J connectivity index is 1.68. The number of amides is 2. The molecule has 8 nitrogen and oxygen atoms in total. The van der Waals surface area contributed by atoms with Crippen LogP contribution in [0.1, 0.15) is 84.5 Å². The summed E-state index contributed by atoms with van der Waals surface area (Å²) in [6.07, 6.45) is 12.8. The van der Waals surface area contributed by atoms with Crippen molar-refractivity contribution in [1.82, 2.24) is 9.80 Å². The van der Waals surface area contributed by atoms with Gasteiger partial charge in [-0.25, -0.2) is 0 Å². The Morgan fingerprint density at radius 3 is 2.58 bits per heavy atom. The molecule has 3 saturated heterocycles. The van der Waals surface area contributed by atoms with Gasteiger partial charge in [-0.3, -0.25) is 14.4 Å². The molecule has 1 saturated carbocycles. The second kappa shape index (κ2) is 11.9. The highest BCUT2D eigenvalue weighted by atomic mass is 16.6. The molecule has 38 heavy (non-hydrogen) atoms. The van der Waals surface area contributed by atoms with Crippen LogP contribution in [0.4, 0.5) is 0 Å². The van der Waals surface area contributed by atoms with Crippen LogP contribution in [0.25, 0.3) is 0 Å². The number of aliphatic hydroxyl groups excluding tert-OH is 1. The van der Waals surface area contributed by atoms with Crippen LogP contribution in [-0.4, -0.2) is 81.8 Å². The number of hydrogen-bond donors (Lipinski definition) is 1. The first-order valence-corrected chi connectivity index (χ1v) is 14.6. The number of carbonyl (C=O) groups is 3. The van der Waals surface area contributed by atoms with Crippen LogP contribution in [0.2, 0.25) is 0 Å². The predicted octanol–water partition coefficient (Wildman–Crippen LogP) is 3.77. The lowest BCUT2D eigenvalue weighted by molar-refractivity contribution is -0.162. The molecule has 0 radical (unpaired) electrons. The number of nitrogens with zero attached hydrogens (tertiary/aromatic N) is 2. The van der Waals surface area contributed by atoms with E-state index in [1.807, 2.05) is 24.8 Å². The fourth-order valence-corrected chi connectivity index (χ4v) is 7.57. The third-order valence-electron chi connectivity index (χ3n) is 9.45. The zero-order valence-corrected chi connectivity index (χ0v) is 23.2. The van der Waals surface area contributed by atoms with Gasteiger partial charge in [-0.05, 0) is 58.3 Å². The van der Waals surface area contributed by atoms with Gasteiger partial charge in [0, 0.05) is 12.6 Å². The molecule has 2 bridgehead atoms. The van der Waals surface area contributed by atoms with Crippen LogP contribution >= 0.6 is 0 Å². The summed E-state index contributed by atoms with van der Waals surface area (Å²) in [4.78, 5) is 45.6. The third kappa shape index (κ3) is 4.83. The number of ether oxygens (including phenoxy) is 2. The molecule has 0 aromatic heterocycles. The molecule has 212 valence electrons. The Labute approximate surface area is 227 Å². The molecule has 1 spiro atoms. The quantitative estimate of drug-likeness (QED) is 0.221. The summed E-state index contributed by atoms with van der Waals surface area (Å²) in [5, 5.41) is 10.3. The molecular weight excluding hydrogens is 484 g/mol. The molecule has 0 aromatic carbocycles. The van der Waals surface area contributed by atoms with Gasteiger partial charge < -0.3 is 24.4 Å². The molecule has 6 atom stereocenters. The maximum absolute atomic E-state index is 14.5. The molecular formula is C30H46N2O6. The average molecular weight is 531 g/mol. The summed E-state index contributed by atoms with van der Waals surface area (Å²) in [6, 6.07) is -1.33. The van der Waals surface area contributed by atoms with E-state index in [-0.39, 0.29) is 31.1 Å². The van der Waals surface area contributed by atoms with Crippen molar-refractivity contribution in [2.75, 3.05) is 19.8 Å². The Morgan fingerprint density at radius 1 is 1.21 bits per heavy atom. The Morgan fingerprint density at radius 2 is 1.95 bits per heavy atom. The van der Waals surface area contributed by atoms with Crippen molar-refractivity contribution < 1.29 is 29.0 Å². The molecule has 8 heteroatoms. The zero-order chi connectivity index (χ0) is 27.5. The summed E-state index contributed by atoms with van der Waals surface area (Å²) >= 11 is 0. The van der Waals surface area contributed by atoms with E-state index in [1.54, 1.807) is 11.0 Å². The maximum Gasteiger partial charge on any atom is 0.312 e. The number of fused-ring (bicyclic) bond motifs is 1. The highest BCUT2D eigenvalue weighted by molar-refractivity contribution is 5.98. The fourth-order valence-electron chi connectivity index (χ4n) is 7.57. The molecule has 4 aliphatic rings. The van der Waals surface area contributed by atoms with Crippen LogP contribution < -0.4 is 0 Å². The number of hydrogen-bond acceptors (Lipinski definition) is 6. The molecule has 1 N–H and O–H groups in total. The predicted molar refractivity (Wildman–Crippen MR) is 144 cm³/mol. The molecule has 1 aliphatic carbocycles. The lowest BCUT2D eigenvalue weighted by Crippen LogP contribution is -2.60. The number of aliphatic hydroxyl groups is 1. The van der Waals surface area contributed by atoms with E-state index >= 15 is 0 Å². The third-order valence-corrected chi connectivity index (χ3v) is 9.45. The van der Waals surface area contributed by atoms with E-state index in [0.717, 1.165) is 51.4 Å². The molecule has 3 heterocycles. The highest BCUT2D eigenvalue weighted by Crippen LogP contribution is 2.63. The molecule has 2 unspecified atom stereocenters. The normalized spacial score (nSPS) is 33.2. The Kier molecular flexibility index (Phi) is 9.03. The topological polar surface area (TPSA) is 96.4 Å². The van der Waals surface area contributed by atoms with Crippen LogP contribution in [0.5, 0.6) is 0 Å². The van der Waals surface area contributed by atoms with E-state index in [4.69, 9.17) is 9.47 Å².